The summed E-state index contributed by atoms with van der Waals surface area (Å²) < 4.78 is 33.2. The maximum absolute atomic E-state index is 14.2. The number of nitrogens with zero attached hydrogens (tertiary/aromatic N) is 3. The zero-order chi connectivity index (χ0) is 18.3. The van der Waals surface area contributed by atoms with E-state index in [0.29, 0.717) is 5.82 Å². The van der Waals surface area contributed by atoms with E-state index in [9.17, 15) is 13.6 Å². The fourth-order valence-electron chi connectivity index (χ4n) is 3.09. The standard InChI is InChI=1S/C19H15F2N3O2/c1-11-6-7-16(15(21)8-11)24-10-12(9-17(24)25)18-22-19(26-23-18)13-4-2-3-5-14(13)20/h2-8,12H,9-10H2,1H3. The van der Waals surface area contributed by atoms with Gasteiger partial charge in [0.05, 0.1) is 11.3 Å². The number of anilines is 1. The summed E-state index contributed by atoms with van der Waals surface area (Å²) in [5.74, 6) is -1.09. The van der Waals surface area contributed by atoms with E-state index in [0.717, 1.165) is 5.56 Å². The second-order valence-corrected chi connectivity index (χ2v) is 6.30. The number of hydrogen-bond acceptors (Lipinski definition) is 4. The van der Waals surface area contributed by atoms with Crippen LogP contribution >= 0.6 is 0 Å². The lowest BCUT2D eigenvalue weighted by Gasteiger charge is -2.17. The first-order valence-electron chi connectivity index (χ1n) is 8.18. The predicted molar refractivity (Wildman–Crippen MR) is 90.5 cm³/mol. The van der Waals surface area contributed by atoms with Gasteiger partial charge in [0.25, 0.3) is 5.89 Å². The minimum atomic E-state index is -0.464. The molecule has 1 atom stereocenters. The van der Waals surface area contributed by atoms with Gasteiger partial charge in [-0.2, -0.15) is 4.98 Å². The first-order chi connectivity index (χ1) is 12.5. The maximum Gasteiger partial charge on any atom is 0.260 e. The number of benzene rings is 2. The van der Waals surface area contributed by atoms with Crippen LogP contribution in [0.1, 0.15) is 23.7 Å². The molecule has 2 heterocycles. The van der Waals surface area contributed by atoms with E-state index in [1.807, 2.05) is 0 Å². The average Bonchev–Trinajstić information content (AvgIpc) is 3.22. The Labute approximate surface area is 148 Å². The summed E-state index contributed by atoms with van der Waals surface area (Å²) in [7, 11) is 0. The molecule has 1 unspecified atom stereocenters. The van der Waals surface area contributed by atoms with Crippen molar-refractivity contribution in [3.05, 3.63) is 65.5 Å². The summed E-state index contributed by atoms with van der Waals surface area (Å²) in [4.78, 5) is 18.0. The SMILES string of the molecule is Cc1ccc(N2CC(c3noc(-c4ccccc4F)n3)CC2=O)c(F)c1. The lowest BCUT2D eigenvalue weighted by atomic mass is 10.1. The van der Waals surface area contributed by atoms with Gasteiger partial charge in [0.1, 0.15) is 11.6 Å². The van der Waals surface area contributed by atoms with Crippen LogP contribution in [0.15, 0.2) is 47.0 Å². The minimum absolute atomic E-state index is 0.0607. The van der Waals surface area contributed by atoms with Crippen molar-refractivity contribution in [2.45, 2.75) is 19.3 Å². The fraction of sp³-hybridized carbons (Fsp3) is 0.211. The van der Waals surface area contributed by atoms with Gasteiger partial charge in [0.2, 0.25) is 5.91 Å². The summed E-state index contributed by atoms with van der Waals surface area (Å²) in [6, 6.07) is 10.8. The number of aromatic nitrogens is 2. The molecule has 132 valence electrons. The van der Waals surface area contributed by atoms with E-state index in [-0.39, 0.29) is 41.9 Å². The molecule has 1 aromatic heterocycles. The number of hydrogen-bond donors (Lipinski definition) is 0. The topological polar surface area (TPSA) is 59.2 Å². The largest absolute Gasteiger partial charge is 0.334 e. The highest BCUT2D eigenvalue weighted by molar-refractivity contribution is 5.96. The van der Waals surface area contributed by atoms with Crippen LogP contribution in [0, 0.1) is 18.6 Å². The molecule has 1 saturated heterocycles. The molecule has 7 heteroatoms. The van der Waals surface area contributed by atoms with Crippen LogP contribution in [0.5, 0.6) is 0 Å². The van der Waals surface area contributed by atoms with Gasteiger partial charge in [0, 0.05) is 18.9 Å². The molecule has 1 aliphatic rings. The van der Waals surface area contributed by atoms with Crippen LogP contribution in [-0.4, -0.2) is 22.6 Å². The average molecular weight is 355 g/mol. The van der Waals surface area contributed by atoms with Crippen LogP contribution in [0.3, 0.4) is 0 Å². The lowest BCUT2D eigenvalue weighted by Crippen LogP contribution is -2.25. The Morgan fingerprint density at radius 2 is 1.96 bits per heavy atom. The third-order valence-electron chi connectivity index (χ3n) is 4.43. The summed E-state index contributed by atoms with van der Waals surface area (Å²) >= 11 is 0. The number of carbonyl (C=O) groups is 1. The summed E-state index contributed by atoms with van der Waals surface area (Å²) in [5, 5.41) is 3.89. The van der Waals surface area contributed by atoms with Gasteiger partial charge in [-0.15, -0.1) is 0 Å². The molecule has 1 amide bonds. The minimum Gasteiger partial charge on any atom is -0.334 e. The third kappa shape index (κ3) is 2.85. The van der Waals surface area contributed by atoms with Crippen molar-refractivity contribution in [3.63, 3.8) is 0 Å². The normalized spacial score (nSPS) is 17.1. The first kappa shape index (κ1) is 16.4. The molecule has 26 heavy (non-hydrogen) atoms. The Kier molecular flexibility index (Phi) is 3.99. The molecular formula is C19H15F2N3O2. The molecule has 0 saturated carbocycles. The smallest absolute Gasteiger partial charge is 0.260 e. The van der Waals surface area contributed by atoms with Crippen molar-refractivity contribution in [3.8, 4) is 11.5 Å². The zero-order valence-electron chi connectivity index (χ0n) is 13.9. The van der Waals surface area contributed by atoms with Gasteiger partial charge in [-0.05, 0) is 36.8 Å². The molecule has 2 aromatic carbocycles. The highest BCUT2D eigenvalue weighted by Crippen LogP contribution is 2.33. The summed E-state index contributed by atoms with van der Waals surface area (Å²) in [6.07, 6.45) is 0.142. The molecule has 0 N–H and O–H groups in total. The molecule has 5 nitrogen and oxygen atoms in total. The molecule has 4 rings (SSSR count). The molecule has 0 radical (unpaired) electrons. The van der Waals surface area contributed by atoms with Gasteiger partial charge in [-0.25, -0.2) is 8.78 Å². The molecule has 1 aliphatic heterocycles. The lowest BCUT2D eigenvalue weighted by molar-refractivity contribution is -0.117. The van der Waals surface area contributed by atoms with Crippen LogP contribution in [-0.2, 0) is 4.79 Å². The van der Waals surface area contributed by atoms with Crippen molar-refractivity contribution in [1.29, 1.82) is 0 Å². The number of carbonyl (C=O) groups excluding carboxylic acids is 1. The van der Waals surface area contributed by atoms with Gasteiger partial charge < -0.3 is 9.42 Å². The van der Waals surface area contributed by atoms with E-state index in [1.165, 1.54) is 17.0 Å². The first-order valence-corrected chi connectivity index (χ1v) is 8.18. The van der Waals surface area contributed by atoms with Crippen molar-refractivity contribution in [2.75, 3.05) is 11.4 Å². The number of rotatable bonds is 3. The van der Waals surface area contributed by atoms with Gasteiger partial charge >= 0.3 is 0 Å². The Morgan fingerprint density at radius 3 is 2.73 bits per heavy atom. The van der Waals surface area contributed by atoms with Gasteiger partial charge in [0.15, 0.2) is 5.82 Å². The Morgan fingerprint density at radius 1 is 1.15 bits per heavy atom. The van der Waals surface area contributed by atoms with Crippen LogP contribution in [0.2, 0.25) is 0 Å². The third-order valence-corrected chi connectivity index (χ3v) is 4.43. The molecular weight excluding hydrogens is 340 g/mol. The molecule has 0 bridgehead atoms. The number of aryl methyl sites for hydroxylation is 1. The summed E-state index contributed by atoms with van der Waals surface area (Å²) in [6.45, 7) is 2.03. The monoisotopic (exact) mass is 355 g/mol. The molecule has 3 aromatic rings. The van der Waals surface area contributed by atoms with E-state index in [4.69, 9.17) is 4.52 Å². The van der Waals surface area contributed by atoms with Crippen molar-refractivity contribution in [1.82, 2.24) is 10.1 Å². The number of amides is 1. The van der Waals surface area contributed by atoms with Crippen molar-refractivity contribution in [2.24, 2.45) is 0 Å². The fourth-order valence-corrected chi connectivity index (χ4v) is 3.09. The molecule has 0 spiro atoms. The maximum atomic E-state index is 14.2. The van der Waals surface area contributed by atoms with Gasteiger partial charge in [-0.3, -0.25) is 4.79 Å². The van der Waals surface area contributed by atoms with E-state index in [2.05, 4.69) is 10.1 Å². The second kappa shape index (κ2) is 6.33. The van der Waals surface area contributed by atoms with E-state index < -0.39 is 11.6 Å². The van der Waals surface area contributed by atoms with Crippen LogP contribution in [0.4, 0.5) is 14.5 Å². The van der Waals surface area contributed by atoms with Crippen LogP contribution < -0.4 is 4.90 Å². The summed E-state index contributed by atoms with van der Waals surface area (Å²) in [5.41, 5.74) is 1.22. The Hall–Kier alpha value is -3.09. The van der Waals surface area contributed by atoms with Gasteiger partial charge in [-0.1, -0.05) is 23.4 Å². The Balaban J connectivity index is 1.59. The molecule has 1 fully saturated rings. The Bertz CT molecular complexity index is 986. The molecule has 0 aliphatic carbocycles. The van der Waals surface area contributed by atoms with Crippen LogP contribution in [0.25, 0.3) is 11.5 Å². The highest BCUT2D eigenvalue weighted by atomic mass is 19.1. The van der Waals surface area contributed by atoms with Crippen molar-refractivity contribution < 1.29 is 18.1 Å². The second-order valence-electron chi connectivity index (χ2n) is 6.30. The van der Waals surface area contributed by atoms with E-state index in [1.54, 1.807) is 37.3 Å². The zero-order valence-corrected chi connectivity index (χ0v) is 13.9. The quantitative estimate of drug-likeness (QED) is 0.716. The number of halogens is 2. The predicted octanol–water partition coefficient (Wildman–Crippen LogP) is 3.84. The highest BCUT2D eigenvalue weighted by Gasteiger charge is 2.35. The van der Waals surface area contributed by atoms with Crippen molar-refractivity contribution >= 4 is 11.6 Å². The van der Waals surface area contributed by atoms with E-state index >= 15 is 0 Å².